The van der Waals surface area contributed by atoms with Crippen molar-refractivity contribution in [3.63, 3.8) is 0 Å². The first-order valence-corrected chi connectivity index (χ1v) is 6.99. The number of nitrogens with two attached hydrogens (primary N) is 1. The maximum Gasteiger partial charge on any atom is 0.243 e. The molecule has 0 saturated heterocycles. The Labute approximate surface area is 103 Å². The normalized spacial score (nSPS) is 12.1. The first-order chi connectivity index (χ1) is 7.80. The fourth-order valence-electron chi connectivity index (χ4n) is 1.68. The highest BCUT2D eigenvalue weighted by Crippen LogP contribution is 2.22. The van der Waals surface area contributed by atoms with E-state index in [1.54, 1.807) is 13.1 Å². The summed E-state index contributed by atoms with van der Waals surface area (Å²) in [5.74, 6) is 0. The van der Waals surface area contributed by atoms with Crippen molar-refractivity contribution in [2.45, 2.75) is 25.7 Å². The number of sulfonamides is 1. The van der Waals surface area contributed by atoms with Gasteiger partial charge < -0.3 is 5.73 Å². The molecule has 2 N–H and O–H groups in total. The minimum atomic E-state index is -3.42. The zero-order valence-electron chi connectivity index (χ0n) is 10.8. The maximum atomic E-state index is 12.3. The van der Waals surface area contributed by atoms with E-state index in [1.807, 2.05) is 26.8 Å². The number of nitrogens with zero attached hydrogens (tertiary/aromatic N) is 1. The summed E-state index contributed by atoms with van der Waals surface area (Å²) in [6.07, 6.45) is 0. The largest absolute Gasteiger partial charge is 0.329 e. The lowest BCUT2D eigenvalue weighted by Crippen LogP contribution is -2.32. The molecular formula is C12H20N2O2S. The standard InChI is InChI=1S/C12H20N2O2S/c1-9-7-11(3)12(8-10(9)2)17(15,16)14(4)6-5-13/h7-8H,5-6,13H2,1-4H3. The summed E-state index contributed by atoms with van der Waals surface area (Å²) in [6, 6.07) is 3.63. The maximum absolute atomic E-state index is 12.3. The predicted molar refractivity (Wildman–Crippen MR) is 69.5 cm³/mol. The molecule has 0 amide bonds. The van der Waals surface area contributed by atoms with Gasteiger partial charge in [0.1, 0.15) is 0 Å². The topological polar surface area (TPSA) is 63.4 Å². The van der Waals surface area contributed by atoms with Crippen molar-refractivity contribution in [3.8, 4) is 0 Å². The van der Waals surface area contributed by atoms with E-state index in [9.17, 15) is 8.42 Å². The highest BCUT2D eigenvalue weighted by molar-refractivity contribution is 7.89. The molecule has 0 spiro atoms. The Hall–Kier alpha value is -0.910. The molecule has 0 aliphatic rings. The van der Waals surface area contributed by atoms with Crippen LogP contribution in [0.3, 0.4) is 0 Å². The van der Waals surface area contributed by atoms with E-state index < -0.39 is 10.0 Å². The molecule has 0 bridgehead atoms. The van der Waals surface area contributed by atoms with Crippen LogP contribution < -0.4 is 5.73 Å². The Morgan fingerprint density at radius 1 is 1.12 bits per heavy atom. The smallest absolute Gasteiger partial charge is 0.243 e. The summed E-state index contributed by atoms with van der Waals surface area (Å²) in [5.41, 5.74) is 8.25. The second-order valence-corrected chi connectivity index (χ2v) is 6.33. The van der Waals surface area contributed by atoms with E-state index in [1.165, 1.54) is 4.31 Å². The van der Waals surface area contributed by atoms with Crippen LogP contribution in [0.25, 0.3) is 0 Å². The second-order valence-electron chi connectivity index (χ2n) is 4.32. The van der Waals surface area contributed by atoms with Crippen molar-refractivity contribution < 1.29 is 8.42 Å². The molecule has 96 valence electrons. The van der Waals surface area contributed by atoms with Gasteiger partial charge in [-0.1, -0.05) is 6.07 Å². The van der Waals surface area contributed by atoms with Crippen molar-refractivity contribution in [1.29, 1.82) is 0 Å². The first kappa shape index (κ1) is 14.2. The Morgan fingerprint density at radius 2 is 1.65 bits per heavy atom. The van der Waals surface area contributed by atoms with E-state index in [4.69, 9.17) is 5.73 Å². The summed E-state index contributed by atoms with van der Waals surface area (Å²) in [6.45, 7) is 6.35. The molecule has 0 atom stereocenters. The molecule has 5 heteroatoms. The van der Waals surface area contributed by atoms with Crippen LogP contribution in [0, 0.1) is 20.8 Å². The van der Waals surface area contributed by atoms with Crippen molar-refractivity contribution >= 4 is 10.0 Å². The molecule has 0 heterocycles. The molecule has 0 aliphatic carbocycles. The molecule has 0 unspecified atom stereocenters. The summed E-state index contributed by atoms with van der Waals surface area (Å²) < 4.78 is 25.8. The van der Waals surface area contributed by atoms with Gasteiger partial charge in [-0.3, -0.25) is 0 Å². The minimum Gasteiger partial charge on any atom is -0.329 e. The minimum absolute atomic E-state index is 0.319. The Bertz CT molecular complexity index is 509. The first-order valence-electron chi connectivity index (χ1n) is 5.55. The monoisotopic (exact) mass is 256 g/mol. The zero-order valence-corrected chi connectivity index (χ0v) is 11.6. The van der Waals surface area contributed by atoms with E-state index in [0.717, 1.165) is 16.7 Å². The van der Waals surface area contributed by atoms with Gasteiger partial charge >= 0.3 is 0 Å². The molecule has 0 aromatic heterocycles. The van der Waals surface area contributed by atoms with Crippen LogP contribution in [0.1, 0.15) is 16.7 Å². The van der Waals surface area contributed by atoms with E-state index in [0.29, 0.717) is 18.0 Å². The molecule has 1 aromatic carbocycles. The number of likely N-dealkylation sites (N-methyl/N-ethyl adjacent to an activating group) is 1. The SMILES string of the molecule is Cc1cc(C)c(S(=O)(=O)N(C)CCN)cc1C. The Balaban J connectivity index is 3.29. The number of hydrogen-bond donors (Lipinski definition) is 1. The molecule has 0 radical (unpaired) electrons. The average molecular weight is 256 g/mol. The lowest BCUT2D eigenvalue weighted by molar-refractivity contribution is 0.476. The van der Waals surface area contributed by atoms with Gasteiger partial charge in [-0.25, -0.2) is 8.42 Å². The molecule has 1 rings (SSSR count). The third-order valence-corrected chi connectivity index (χ3v) is 4.92. The fourth-order valence-corrected chi connectivity index (χ4v) is 3.15. The van der Waals surface area contributed by atoms with Gasteiger partial charge in [-0.05, 0) is 43.5 Å². The summed E-state index contributed by atoms with van der Waals surface area (Å²) in [4.78, 5) is 0.372. The molecule has 1 aromatic rings. The summed E-state index contributed by atoms with van der Waals surface area (Å²) in [7, 11) is -1.87. The highest BCUT2D eigenvalue weighted by atomic mass is 32.2. The van der Waals surface area contributed by atoms with E-state index in [2.05, 4.69) is 0 Å². The molecule has 4 nitrogen and oxygen atoms in total. The molecule has 0 fully saturated rings. The molecule has 17 heavy (non-hydrogen) atoms. The lowest BCUT2D eigenvalue weighted by atomic mass is 10.1. The van der Waals surface area contributed by atoms with Gasteiger partial charge in [0, 0.05) is 20.1 Å². The lowest BCUT2D eigenvalue weighted by Gasteiger charge is -2.18. The highest BCUT2D eigenvalue weighted by Gasteiger charge is 2.22. The van der Waals surface area contributed by atoms with Gasteiger partial charge in [-0.15, -0.1) is 0 Å². The average Bonchev–Trinajstić information content (AvgIpc) is 2.23. The van der Waals surface area contributed by atoms with Crippen LogP contribution in [0.2, 0.25) is 0 Å². The Morgan fingerprint density at radius 3 is 2.18 bits per heavy atom. The fraction of sp³-hybridized carbons (Fsp3) is 0.500. The van der Waals surface area contributed by atoms with Gasteiger partial charge in [0.15, 0.2) is 0 Å². The second kappa shape index (κ2) is 5.16. The van der Waals surface area contributed by atoms with Crippen LogP contribution in [0.15, 0.2) is 17.0 Å². The van der Waals surface area contributed by atoms with Gasteiger partial charge in [0.2, 0.25) is 10.0 Å². The number of hydrogen-bond acceptors (Lipinski definition) is 3. The summed E-state index contributed by atoms with van der Waals surface area (Å²) in [5, 5.41) is 0. The number of rotatable bonds is 4. The van der Waals surface area contributed by atoms with Gasteiger partial charge in [-0.2, -0.15) is 4.31 Å². The third kappa shape index (κ3) is 2.86. The van der Waals surface area contributed by atoms with Crippen LogP contribution in [-0.4, -0.2) is 32.9 Å². The Kier molecular flexibility index (Phi) is 4.30. The van der Waals surface area contributed by atoms with Gasteiger partial charge in [0.25, 0.3) is 0 Å². The van der Waals surface area contributed by atoms with E-state index in [-0.39, 0.29) is 0 Å². The molecular weight excluding hydrogens is 236 g/mol. The van der Waals surface area contributed by atoms with Crippen LogP contribution in [0.4, 0.5) is 0 Å². The van der Waals surface area contributed by atoms with Crippen molar-refractivity contribution in [1.82, 2.24) is 4.31 Å². The third-order valence-electron chi connectivity index (χ3n) is 2.92. The van der Waals surface area contributed by atoms with Gasteiger partial charge in [0.05, 0.1) is 4.90 Å². The number of benzene rings is 1. The molecule has 0 saturated carbocycles. The predicted octanol–water partition coefficient (Wildman–Crippen LogP) is 1.19. The zero-order chi connectivity index (χ0) is 13.2. The van der Waals surface area contributed by atoms with E-state index >= 15 is 0 Å². The van der Waals surface area contributed by atoms with Crippen LogP contribution in [0.5, 0.6) is 0 Å². The van der Waals surface area contributed by atoms with Crippen LogP contribution >= 0.6 is 0 Å². The quantitative estimate of drug-likeness (QED) is 0.880. The van der Waals surface area contributed by atoms with Crippen LogP contribution in [-0.2, 0) is 10.0 Å². The van der Waals surface area contributed by atoms with Crippen molar-refractivity contribution in [3.05, 3.63) is 28.8 Å². The van der Waals surface area contributed by atoms with Crippen molar-refractivity contribution in [2.75, 3.05) is 20.1 Å². The summed E-state index contributed by atoms with van der Waals surface area (Å²) >= 11 is 0. The van der Waals surface area contributed by atoms with Crippen molar-refractivity contribution in [2.24, 2.45) is 5.73 Å². The molecule has 0 aliphatic heterocycles. The number of aryl methyl sites for hydroxylation is 3.